The van der Waals surface area contributed by atoms with Crippen molar-refractivity contribution >= 4 is 11.9 Å². The number of rotatable bonds is 3. The van der Waals surface area contributed by atoms with E-state index in [1.807, 2.05) is 0 Å². The molecule has 0 bridgehead atoms. The molecule has 5 heteroatoms. The van der Waals surface area contributed by atoms with Crippen LogP contribution in [0.3, 0.4) is 0 Å². The first-order valence-electron chi connectivity index (χ1n) is 5.84. The number of hydrogen-bond donors (Lipinski definition) is 1. The van der Waals surface area contributed by atoms with Crippen LogP contribution in [0.25, 0.3) is 0 Å². The van der Waals surface area contributed by atoms with Crippen molar-refractivity contribution in [1.29, 1.82) is 0 Å². The Kier molecular flexibility index (Phi) is 4.16. The zero-order chi connectivity index (χ0) is 13.9. The molecular weight excluding hydrogens is 234 g/mol. The third kappa shape index (κ3) is 3.35. The van der Waals surface area contributed by atoms with Gasteiger partial charge < -0.3 is 14.5 Å². The Labute approximate surface area is 106 Å². The minimum atomic E-state index is -0.565. The first-order valence-corrected chi connectivity index (χ1v) is 5.84. The van der Waals surface area contributed by atoms with Crippen LogP contribution in [-0.4, -0.2) is 29.1 Å². The second-order valence-corrected chi connectivity index (χ2v) is 4.92. The molecule has 0 saturated heterocycles. The third-order valence-electron chi connectivity index (χ3n) is 2.24. The molecular formula is C13H19NO4. The largest absolute Gasteiger partial charge is 0.461 e. The van der Waals surface area contributed by atoms with Crippen LogP contribution in [0.5, 0.6) is 0 Å². The number of esters is 2. The molecule has 0 aromatic carbocycles. The molecule has 1 N–H and O–H groups in total. The fourth-order valence-corrected chi connectivity index (χ4v) is 1.46. The predicted molar refractivity (Wildman–Crippen MR) is 66.7 cm³/mol. The van der Waals surface area contributed by atoms with E-state index in [0.29, 0.717) is 17.7 Å². The van der Waals surface area contributed by atoms with E-state index in [2.05, 4.69) is 4.98 Å². The van der Waals surface area contributed by atoms with Crippen LogP contribution in [0.1, 0.15) is 54.1 Å². The fourth-order valence-electron chi connectivity index (χ4n) is 1.46. The summed E-state index contributed by atoms with van der Waals surface area (Å²) in [6.07, 6.45) is 1.47. The van der Waals surface area contributed by atoms with E-state index in [1.165, 1.54) is 6.20 Å². The van der Waals surface area contributed by atoms with E-state index in [0.717, 1.165) is 0 Å². The minimum absolute atomic E-state index is 0.290. The SMILES string of the molecule is CCOC(=O)c1[nH]cc(C(=O)OC(C)(C)C)c1C. The Balaban J connectivity index is 2.93. The maximum Gasteiger partial charge on any atom is 0.355 e. The van der Waals surface area contributed by atoms with Crippen molar-refractivity contribution in [2.24, 2.45) is 0 Å². The molecule has 0 amide bonds. The van der Waals surface area contributed by atoms with E-state index >= 15 is 0 Å². The Morgan fingerprint density at radius 1 is 1.28 bits per heavy atom. The molecule has 0 saturated carbocycles. The number of nitrogens with one attached hydrogen (secondary N) is 1. The van der Waals surface area contributed by atoms with Gasteiger partial charge in [-0.25, -0.2) is 9.59 Å². The average Bonchev–Trinajstić information content (AvgIpc) is 2.57. The minimum Gasteiger partial charge on any atom is -0.461 e. The molecule has 1 rings (SSSR count). The van der Waals surface area contributed by atoms with Gasteiger partial charge in [0, 0.05) is 6.20 Å². The second-order valence-electron chi connectivity index (χ2n) is 4.92. The van der Waals surface area contributed by atoms with Crippen molar-refractivity contribution in [3.05, 3.63) is 23.0 Å². The molecule has 0 aliphatic heterocycles. The Hall–Kier alpha value is -1.78. The van der Waals surface area contributed by atoms with Gasteiger partial charge in [0.05, 0.1) is 12.2 Å². The van der Waals surface area contributed by atoms with E-state index in [1.54, 1.807) is 34.6 Å². The van der Waals surface area contributed by atoms with Crippen LogP contribution in [0, 0.1) is 6.92 Å². The summed E-state index contributed by atoms with van der Waals surface area (Å²) in [5, 5.41) is 0. The Bertz CT molecular complexity index is 454. The summed E-state index contributed by atoms with van der Waals surface area (Å²) in [5.41, 5.74) is 0.624. The van der Waals surface area contributed by atoms with Gasteiger partial charge in [-0.15, -0.1) is 0 Å². The molecule has 100 valence electrons. The van der Waals surface area contributed by atoms with Gasteiger partial charge in [-0.1, -0.05) is 0 Å². The fraction of sp³-hybridized carbons (Fsp3) is 0.538. The first-order chi connectivity index (χ1) is 8.26. The molecule has 1 aromatic heterocycles. The average molecular weight is 253 g/mol. The molecule has 0 atom stereocenters. The zero-order valence-electron chi connectivity index (χ0n) is 11.4. The van der Waals surface area contributed by atoms with E-state index in [4.69, 9.17) is 9.47 Å². The van der Waals surface area contributed by atoms with Gasteiger partial charge >= 0.3 is 11.9 Å². The summed E-state index contributed by atoms with van der Waals surface area (Å²) in [7, 11) is 0. The highest BCUT2D eigenvalue weighted by molar-refractivity contribution is 5.97. The molecule has 0 radical (unpaired) electrons. The number of carbonyl (C=O) groups is 2. The lowest BCUT2D eigenvalue weighted by molar-refractivity contribution is 0.00690. The predicted octanol–water partition coefficient (Wildman–Crippen LogP) is 2.46. The third-order valence-corrected chi connectivity index (χ3v) is 2.24. The topological polar surface area (TPSA) is 68.4 Å². The van der Waals surface area contributed by atoms with Gasteiger partial charge in [-0.05, 0) is 40.2 Å². The first kappa shape index (κ1) is 14.3. The number of ether oxygens (including phenoxy) is 2. The highest BCUT2D eigenvalue weighted by Crippen LogP contribution is 2.18. The molecule has 0 unspecified atom stereocenters. The molecule has 0 spiro atoms. The van der Waals surface area contributed by atoms with Crippen LogP contribution in [0.2, 0.25) is 0 Å². The molecule has 1 heterocycles. The standard InChI is InChI=1S/C13H19NO4/c1-6-17-12(16)10-8(2)9(7-14-10)11(15)18-13(3,4)5/h7,14H,6H2,1-5H3. The van der Waals surface area contributed by atoms with Gasteiger partial charge in [0.25, 0.3) is 0 Å². The van der Waals surface area contributed by atoms with Crippen molar-refractivity contribution in [2.45, 2.75) is 40.2 Å². The molecule has 18 heavy (non-hydrogen) atoms. The maximum atomic E-state index is 11.9. The number of hydrogen-bond acceptors (Lipinski definition) is 4. The normalized spacial score (nSPS) is 11.2. The van der Waals surface area contributed by atoms with Crippen molar-refractivity contribution in [3.8, 4) is 0 Å². The number of aromatic amines is 1. The molecule has 0 aliphatic carbocycles. The van der Waals surface area contributed by atoms with Gasteiger partial charge in [-0.2, -0.15) is 0 Å². The lowest BCUT2D eigenvalue weighted by Crippen LogP contribution is -2.24. The van der Waals surface area contributed by atoms with Gasteiger partial charge in [0.15, 0.2) is 0 Å². The highest BCUT2D eigenvalue weighted by Gasteiger charge is 2.23. The molecule has 1 aromatic rings. The van der Waals surface area contributed by atoms with Crippen LogP contribution in [-0.2, 0) is 9.47 Å². The van der Waals surface area contributed by atoms with Crippen LogP contribution in [0.4, 0.5) is 0 Å². The molecule has 0 fully saturated rings. The lowest BCUT2D eigenvalue weighted by Gasteiger charge is -2.19. The van der Waals surface area contributed by atoms with Gasteiger partial charge in [0.2, 0.25) is 0 Å². The van der Waals surface area contributed by atoms with Crippen molar-refractivity contribution < 1.29 is 19.1 Å². The summed E-state index contributed by atoms with van der Waals surface area (Å²) < 4.78 is 10.1. The smallest absolute Gasteiger partial charge is 0.355 e. The lowest BCUT2D eigenvalue weighted by atomic mass is 10.1. The van der Waals surface area contributed by atoms with Crippen LogP contribution < -0.4 is 0 Å². The second kappa shape index (κ2) is 5.25. The number of H-pyrrole nitrogens is 1. The highest BCUT2D eigenvalue weighted by atomic mass is 16.6. The quantitative estimate of drug-likeness (QED) is 0.840. The van der Waals surface area contributed by atoms with Crippen LogP contribution in [0.15, 0.2) is 6.20 Å². The van der Waals surface area contributed by atoms with E-state index in [9.17, 15) is 9.59 Å². The summed E-state index contributed by atoms with van der Waals surface area (Å²) >= 11 is 0. The van der Waals surface area contributed by atoms with Crippen molar-refractivity contribution in [2.75, 3.05) is 6.61 Å². The van der Waals surface area contributed by atoms with E-state index in [-0.39, 0.29) is 5.69 Å². The van der Waals surface area contributed by atoms with Crippen molar-refractivity contribution in [1.82, 2.24) is 4.98 Å². The summed E-state index contributed by atoms with van der Waals surface area (Å²) in [6.45, 7) is 9.07. The zero-order valence-corrected chi connectivity index (χ0v) is 11.4. The van der Waals surface area contributed by atoms with E-state index < -0.39 is 17.5 Å². The van der Waals surface area contributed by atoms with Crippen molar-refractivity contribution in [3.63, 3.8) is 0 Å². The van der Waals surface area contributed by atoms with Gasteiger partial charge in [-0.3, -0.25) is 0 Å². The summed E-state index contributed by atoms with van der Waals surface area (Å²) in [6, 6.07) is 0. The maximum absolute atomic E-state index is 11.9. The number of aromatic nitrogens is 1. The van der Waals surface area contributed by atoms with Crippen LogP contribution >= 0.6 is 0 Å². The number of carbonyl (C=O) groups excluding carboxylic acids is 2. The van der Waals surface area contributed by atoms with Gasteiger partial charge in [0.1, 0.15) is 11.3 Å². The Morgan fingerprint density at radius 3 is 2.39 bits per heavy atom. The molecule has 0 aliphatic rings. The monoisotopic (exact) mass is 253 g/mol. The Morgan fingerprint density at radius 2 is 1.89 bits per heavy atom. The molecule has 5 nitrogen and oxygen atoms in total. The summed E-state index contributed by atoms with van der Waals surface area (Å²) in [5.74, 6) is -0.920. The summed E-state index contributed by atoms with van der Waals surface area (Å²) in [4.78, 5) is 26.2.